The summed E-state index contributed by atoms with van der Waals surface area (Å²) in [5.41, 5.74) is -0.0298. The third-order valence-corrected chi connectivity index (χ3v) is 5.06. The predicted molar refractivity (Wildman–Crippen MR) is 89.2 cm³/mol. The highest BCUT2D eigenvalue weighted by Crippen LogP contribution is 2.29. The van der Waals surface area contributed by atoms with Crippen LogP contribution in [0.4, 0.5) is 5.69 Å². The fourth-order valence-electron chi connectivity index (χ4n) is 2.71. The SMILES string of the molecule is C[C@H](OC(=O)c1cc2cc([N+](=O)[O-])ccc2s1)C(=O)N1CCCC1. The Morgan fingerprint density at radius 2 is 2.00 bits per heavy atom. The molecule has 1 aromatic heterocycles. The molecule has 0 unspecified atom stereocenters. The number of ether oxygens (including phenoxy) is 1. The topological polar surface area (TPSA) is 89.7 Å². The Morgan fingerprint density at radius 1 is 1.29 bits per heavy atom. The molecule has 3 rings (SSSR count). The number of nitro groups is 1. The molecule has 2 aromatic rings. The minimum Gasteiger partial charge on any atom is -0.448 e. The number of hydrogen-bond donors (Lipinski definition) is 0. The number of rotatable bonds is 4. The summed E-state index contributed by atoms with van der Waals surface area (Å²) in [6.45, 7) is 2.97. The van der Waals surface area contributed by atoms with Crippen molar-refractivity contribution in [3.63, 3.8) is 0 Å². The molecule has 24 heavy (non-hydrogen) atoms. The first-order valence-corrected chi connectivity index (χ1v) is 8.45. The van der Waals surface area contributed by atoms with Crippen molar-refractivity contribution in [2.75, 3.05) is 13.1 Å². The second-order valence-electron chi connectivity index (χ2n) is 5.67. The number of benzene rings is 1. The molecular weight excluding hydrogens is 332 g/mol. The lowest BCUT2D eigenvalue weighted by molar-refractivity contribution is -0.384. The minimum absolute atomic E-state index is 0.0298. The summed E-state index contributed by atoms with van der Waals surface area (Å²) < 4.78 is 6.02. The first kappa shape index (κ1) is 16.4. The van der Waals surface area contributed by atoms with E-state index < -0.39 is 17.0 Å². The van der Waals surface area contributed by atoms with Crippen LogP contribution in [0.15, 0.2) is 24.3 Å². The van der Waals surface area contributed by atoms with Crippen LogP contribution in [0.25, 0.3) is 10.1 Å². The first-order chi connectivity index (χ1) is 11.5. The second kappa shape index (κ2) is 6.56. The molecule has 1 saturated heterocycles. The van der Waals surface area contributed by atoms with Crippen LogP contribution in [0.3, 0.4) is 0 Å². The molecule has 0 N–H and O–H groups in total. The van der Waals surface area contributed by atoms with Crippen molar-refractivity contribution < 1.29 is 19.2 Å². The monoisotopic (exact) mass is 348 g/mol. The Bertz CT molecular complexity index is 810. The van der Waals surface area contributed by atoms with E-state index in [-0.39, 0.29) is 11.6 Å². The number of thiophene rings is 1. The van der Waals surface area contributed by atoms with Gasteiger partial charge in [-0.2, -0.15) is 0 Å². The van der Waals surface area contributed by atoms with E-state index in [0.29, 0.717) is 23.4 Å². The quantitative estimate of drug-likeness (QED) is 0.481. The van der Waals surface area contributed by atoms with Gasteiger partial charge in [-0.1, -0.05) is 0 Å². The molecule has 0 bridgehead atoms. The lowest BCUT2D eigenvalue weighted by Gasteiger charge is -2.20. The van der Waals surface area contributed by atoms with Gasteiger partial charge in [-0.05, 0) is 31.9 Å². The van der Waals surface area contributed by atoms with Crippen LogP contribution in [0.5, 0.6) is 0 Å². The van der Waals surface area contributed by atoms with Crippen molar-refractivity contribution in [3.05, 3.63) is 39.3 Å². The van der Waals surface area contributed by atoms with Crippen LogP contribution >= 0.6 is 11.3 Å². The highest BCUT2D eigenvalue weighted by atomic mass is 32.1. The van der Waals surface area contributed by atoms with E-state index in [0.717, 1.165) is 17.5 Å². The lowest BCUT2D eigenvalue weighted by Crippen LogP contribution is -2.38. The largest absolute Gasteiger partial charge is 0.448 e. The van der Waals surface area contributed by atoms with Crippen molar-refractivity contribution >= 4 is 39.0 Å². The van der Waals surface area contributed by atoms with Crippen molar-refractivity contribution in [1.29, 1.82) is 0 Å². The van der Waals surface area contributed by atoms with Gasteiger partial charge in [0, 0.05) is 35.3 Å². The highest BCUT2D eigenvalue weighted by molar-refractivity contribution is 7.20. The average Bonchev–Trinajstić information content (AvgIpc) is 3.22. The van der Waals surface area contributed by atoms with E-state index in [2.05, 4.69) is 0 Å². The lowest BCUT2D eigenvalue weighted by atomic mass is 10.2. The normalized spacial score (nSPS) is 15.5. The smallest absolute Gasteiger partial charge is 0.349 e. The molecule has 0 radical (unpaired) electrons. The van der Waals surface area contributed by atoms with Crippen molar-refractivity contribution in [3.8, 4) is 0 Å². The molecule has 1 aromatic carbocycles. The summed E-state index contributed by atoms with van der Waals surface area (Å²) in [5, 5.41) is 11.4. The second-order valence-corrected chi connectivity index (χ2v) is 6.75. The van der Waals surface area contributed by atoms with Crippen molar-refractivity contribution in [2.24, 2.45) is 0 Å². The fourth-order valence-corrected chi connectivity index (χ4v) is 3.63. The number of likely N-dealkylation sites (tertiary alicyclic amines) is 1. The van der Waals surface area contributed by atoms with E-state index in [1.807, 2.05) is 0 Å². The zero-order valence-electron chi connectivity index (χ0n) is 13.1. The third-order valence-electron chi connectivity index (χ3n) is 3.96. The van der Waals surface area contributed by atoms with Crippen LogP contribution in [0.1, 0.15) is 29.4 Å². The number of fused-ring (bicyclic) bond motifs is 1. The molecule has 2 heterocycles. The predicted octanol–water partition coefficient (Wildman–Crippen LogP) is 2.98. The fraction of sp³-hybridized carbons (Fsp3) is 0.375. The average molecular weight is 348 g/mol. The van der Waals surface area contributed by atoms with Gasteiger partial charge in [0.15, 0.2) is 6.10 Å². The standard InChI is InChI=1S/C16H16N2O5S/c1-10(15(19)17-6-2-3-7-17)23-16(20)14-9-11-8-12(18(21)22)4-5-13(11)24-14/h4-5,8-10H,2-3,6-7H2,1H3/t10-/m0/s1. The van der Waals surface area contributed by atoms with E-state index >= 15 is 0 Å². The van der Waals surface area contributed by atoms with Crippen LogP contribution in [0, 0.1) is 10.1 Å². The molecular formula is C16H16N2O5S. The molecule has 1 atom stereocenters. The summed E-state index contributed by atoms with van der Waals surface area (Å²) >= 11 is 1.19. The Hall–Kier alpha value is -2.48. The van der Waals surface area contributed by atoms with Gasteiger partial charge in [-0.3, -0.25) is 14.9 Å². The number of nitrogens with zero attached hydrogens (tertiary/aromatic N) is 2. The van der Waals surface area contributed by atoms with Crippen LogP contribution in [-0.2, 0) is 9.53 Å². The van der Waals surface area contributed by atoms with Crippen LogP contribution in [-0.4, -0.2) is 40.9 Å². The van der Waals surface area contributed by atoms with Crippen LogP contribution < -0.4 is 0 Å². The summed E-state index contributed by atoms with van der Waals surface area (Å²) in [7, 11) is 0. The number of non-ortho nitro benzene ring substituents is 1. The van der Waals surface area contributed by atoms with Crippen molar-refractivity contribution in [2.45, 2.75) is 25.9 Å². The molecule has 7 nitrogen and oxygen atoms in total. The number of hydrogen-bond acceptors (Lipinski definition) is 6. The Morgan fingerprint density at radius 3 is 2.67 bits per heavy atom. The van der Waals surface area contributed by atoms with E-state index in [4.69, 9.17) is 4.74 Å². The number of esters is 1. The molecule has 1 aliphatic rings. The highest BCUT2D eigenvalue weighted by Gasteiger charge is 2.27. The van der Waals surface area contributed by atoms with Crippen LogP contribution in [0.2, 0.25) is 0 Å². The maximum Gasteiger partial charge on any atom is 0.349 e. The molecule has 1 fully saturated rings. The zero-order valence-corrected chi connectivity index (χ0v) is 13.9. The molecule has 126 valence electrons. The van der Waals surface area contributed by atoms with Gasteiger partial charge in [-0.15, -0.1) is 11.3 Å². The molecule has 0 aliphatic carbocycles. The summed E-state index contributed by atoms with van der Waals surface area (Å²) in [6.07, 6.45) is 1.11. The number of carbonyl (C=O) groups is 2. The molecule has 1 amide bonds. The van der Waals surface area contributed by atoms with E-state index in [9.17, 15) is 19.7 Å². The van der Waals surface area contributed by atoms with Gasteiger partial charge in [-0.25, -0.2) is 4.79 Å². The summed E-state index contributed by atoms with van der Waals surface area (Å²) in [5.74, 6) is -0.767. The van der Waals surface area contributed by atoms with E-state index in [1.165, 1.54) is 23.5 Å². The van der Waals surface area contributed by atoms with E-state index in [1.54, 1.807) is 24.0 Å². The number of nitro benzene ring substituents is 1. The van der Waals surface area contributed by atoms with Gasteiger partial charge < -0.3 is 9.64 Å². The Balaban J connectivity index is 1.73. The Kier molecular flexibility index (Phi) is 4.48. The molecule has 0 saturated carbocycles. The summed E-state index contributed by atoms with van der Waals surface area (Å²) in [4.78, 5) is 36.8. The zero-order chi connectivity index (χ0) is 17.3. The first-order valence-electron chi connectivity index (χ1n) is 7.63. The molecule has 8 heteroatoms. The Labute approximate surface area is 142 Å². The van der Waals surface area contributed by atoms with Gasteiger partial charge in [0.2, 0.25) is 0 Å². The minimum atomic E-state index is -0.838. The van der Waals surface area contributed by atoms with Gasteiger partial charge in [0.05, 0.1) is 4.92 Å². The maximum atomic E-state index is 12.2. The van der Waals surface area contributed by atoms with Gasteiger partial charge >= 0.3 is 5.97 Å². The van der Waals surface area contributed by atoms with Gasteiger partial charge in [0.1, 0.15) is 4.88 Å². The number of amides is 1. The van der Waals surface area contributed by atoms with Gasteiger partial charge in [0.25, 0.3) is 11.6 Å². The third kappa shape index (κ3) is 3.23. The molecule has 1 aliphatic heterocycles. The van der Waals surface area contributed by atoms with Crippen molar-refractivity contribution in [1.82, 2.24) is 4.90 Å². The molecule has 0 spiro atoms. The number of carbonyl (C=O) groups excluding carboxylic acids is 2. The maximum absolute atomic E-state index is 12.2. The summed E-state index contributed by atoms with van der Waals surface area (Å²) in [6, 6.07) is 5.98.